The Bertz CT molecular complexity index is 856. The van der Waals surface area contributed by atoms with Gasteiger partial charge < -0.3 is 9.80 Å². The third kappa shape index (κ3) is 6.21. The highest BCUT2D eigenvalue weighted by Gasteiger charge is 2.16. The van der Waals surface area contributed by atoms with Crippen molar-refractivity contribution < 1.29 is 0 Å². The Hall–Kier alpha value is -2.57. The van der Waals surface area contributed by atoms with E-state index in [4.69, 9.17) is 0 Å². The van der Waals surface area contributed by atoms with Gasteiger partial charge in [0.15, 0.2) is 0 Å². The molecule has 2 heterocycles. The Morgan fingerprint density at radius 3 is 2.03 bits per heavy atom. The molecule has 0 bridgehead atoms. The summed E-state index contributed by atoms with van der Waals surface area (Å²) < 4.78 is 0. The summed E-state index contributed by atoms with van der Waals surface area (Å²) in [4.78, 5) is 6.94. The monoisotopic (exact) mass is 404 g/mol. The van der Waals surface area contributed by atoms with Gasteiger partial charge in [0.05, 0.1) is 6.54 Å². The van der Waals surface area contributed by atoms with Crippen molar-refractivity contribution in [3.05, 3.63) is 66.2 Å². The molecule has 0 radical (unpaired) electrons. The van der Waals surface area contributed by atoms with E-state index in [-0.39, 0.29) is 0 Å². The maximum absolute atomic E-state index is 4.49. The molecule has 1 aromatic heterocycles. The third-order valence-corrected chi connectivity index (χ3v) is 5.84. The van der Waals surface area contributed by atoms with Gasteiger partial charge in [0.1, 0.15) is 0 Å². The topological polar surface area (TPSA) is 50.1 Å². The number of tetrazole rings is 1. The first kappa shape index (κ1) is 20.7. The Labute approximate surface area is 179 Å². The van der Waals surface area contributed by atoms with Gasteiger partial charge >= 0.3 is 0 Å². The van der Waals surface area contributed by atoms with Crippen LogP contribution < -0.4 is 0 Å². The van der Waals surface area contributed by atoms with Crippen LogP contribution in [0.5, 0.6) is 0 Å². The molecule has 4 rings (SSSR count). The number of nitrogens with zero attached hydrogens (tertiary/aromatic N) is 6. The summed E-state index contributed by atoms with van der Waals surface area (Å²) in [7, 11) is 0. The van der Waals surface area contributed by atoms with Crippen molar-refractivity contribution in [2.45, 2.75) is 32.2 Å². The quantitative estimate of drug-likeness (QED) is 0.485. The number of hydrogen-bond donors (Lipinski definition) is 0. The molecule has 0 N–H and O–H groups in total. The molecule has 6 heteroatoms. The molecule has 0 saturated carbocycles. The highest BCUT2D eigenvalue weighted by Crippen LogP contribution is 2.12. The van der Waals surface area contributed by atoms with Crippen LogP contribution in [0, 0.1) is 0 Å². The van der Waals surface area contributed by atoms with Gasteiger partial charge in [-0.15, -0.1) is 10.2 Å². The highest BCUT2D eigenvalue weighted by molar-refractivity contribution is 5.52. The SMILES string of the molecule is c1ccc(CCN2CCN(CCCCCn3nnc(-c4ccccc4)n3)CC2)cc1. The zero-order chi connectivity index (χ0) is 20.4. The van der Waals surface area contributed by atoms with Gasteiger partial charge in [0.25, 0.3) is 0 Å². The molecule has 30 heavy (non-hydrogen) atoms. The van der Waals surface area contributed by atoms with E-state index in [9.17, 15) is 0 Å². The fourth-order valence-electron chi connectivity index (χ4n) is 3.97. The van der Waals surface area contributed by atoms with Gasteiger partial charge in [-0.25, -0.2) is 0 Å². The summed E-state index contributed by atoms with van der Waals surface area (Å²) in [6.45, 7) is 7.99. The third-order valence-electron chi connectivity index (χ3n) is 5.84. The van der Waals surface area contributed by atoms with Crippen molar-refractivity contribution in [3.63, 3.8) is 0 Å². The maximum Gasteiger partial charge on any atom is 0.204 e. The van der Waals surface area contributed by atoms with E-state index in [1.54, 1.807) is 4.80 Å². The summed E-state index contributed by atoms with van der Waals surface area (Å²) in [5.74, 6) is 0.709. The molecule has 1 saturated heterocycles. The Morgan fingerprint density at radius 1 is 0.667 bits per heavy atom. The van der Waals surface area contributed by atoms with Crippen LogP contribution in [0.25, 0.3) is 11.4 Å². The predicted octanol–water partition coefficient (Wildman–Crippen LogP) is 3.37. The zero-order valence-corrected chi connectivity index (χ0v) is 17.7. The smallest absolute Gasteiger partial charge is 0.204 e. The predicted molar refractivity (Wildman–Crippen MR) is 120 cm³/mol. The van der Waals surface area contributed by atoms with E-state index in [0.717, 1.165) is 24.9 Å². The van der Waals surface area contributed by atoms with E-state index in [1.807, 2.05) is 30.3 Å². The molecule has 2 aromatic carbocycles. The highest BCUT2D eigenvalue weighted by atomic mass is 15.6. The van der Waals surface area contributed by atoms with Crippen LogP contribution in [0.15, 0.2) is 60.7 Å². The maximum atomic E-state index is 4.49. The normalized spacial score (nSPS) is 15.5. The van der Waals surface area contributed by atoms with Gasteiger partial charge in [0.2, 0.25) is 5.82 Å². The molecule has 1 aliphatic rings. The minimum absolute atomic E-state index is 0.709. The number of benzene rings is 2. The molecule has 1 fully saturated rings. The fourth-order valence-corrected chi connectivity index (χ4v) is 3.97. The molecule has 3 aromatic rings. The largest absolute Gasteiger partial charge is 0.301 e. The van der Waals surface area contributed by atoms with Crippen molar-refractivity contribution >= 4 is 0 Å². The van der Waals surface area contributed by atoms with Crippen molar-refractivity contribution in [1.82, 2.24) is 30.0 Å². The zero-order valence-electron chi connectivity index (χ0n) is 17.7. The molecule has 0 unspecified atom stereocenters. The average Bonchev–Trinajstić information content (AvgIpc) is 3.29. The molecule has 158 valence electrons. The van der Waals surface area contributed by atoms with Crippen LogP contribution in [0.4, 0.5) is 0 Å². The number of piperazine rings is 1. The fraction of sp³-hybridized carbons (Fsp3) is 0.458. The first-order valence-electron chi connectivity index (χ1n) is 11.2. The lowest BCUT2D eigenvalue weighted by molar-refractivity contribution is 0.131. The van der Waals surface area contributed by atoms with Gasteiger partial charge in [-0.1, -0.05) is 67.1 Å². The second-order valence-corrected chi connectivity index (χ2v) is 8.05. The van der Waals surface area contributed by atoms with Crippen LogP contribution in [-0.2, 0) is 13.0 Å². The summed E-state index contributed by atoms with van der Waals surface area (Å²) in [5, 5.41) is 12.9. The van der Waals surface area contributed by atoms with Crippen LogP contribution >= 0.6 is 0 Å². The lowest BCUT2D eigenvalue weighted by Gasteiger charge is -2.34. The molecular formula is C24H32N6. The van der Waals surface area contributed by atoms with Crippen LogP contribution in [-0.4, -0.2) is 69.3 Å². The van der Waals surface area contributed by atoms with Crippen LogP contribution in [0.3, 0.4) is 0 Å². The molecule has 0 amide bonds. The summed E-state index contributed by atoms with van der Waals surface area (Å²) >= 11 is 0. The standard InChI is InChI=1S/C24H32N6/c1-4-10-22(11-5-1)14-17-29-20-18-28(19-21-29)15-8-3-9-16-30-26-24(25-27-30)23-12-6-2-7-13-23/h1-2,4-7,10-13H,3,8-9,14-21H2. The van der Waals surface area contributed by atoms with Gasteiger partial charge in [0, 0.05) is 38.3 Å². The molecular weight excluding hydrogens is 372 g/mol. The second kappa shape index (κ2) is 11.0. The summed E-state index contributed by atoms with van der Waals surface area (Å²) in [5.41, 5.74) is 2.46. The van der Waals surface area contributed by atoms with Crippen molar-refractivity contribution in [3.8, 4) is 11.4 Å². The first-order valence-corrected chi connectivity index (χ1v) is 11.2. The molecule has 6 nitrogen and oxygen atoms in total. The van der Waals surface area contributed by atoms with Crippen molar-refractivity contribution in [1.29, 1.82) is 0 Å². The number of aromatic nitrogens is 4. The van der Waals surface area contributed by atoms with Gasteiger partial charge in [-0.3, -0.25) is 0 Å². The molecule has 1 aliphatic heterocycles. The lowest BCUT2D eigenvalue weighted by Crippen LogP contribution is -2.47. The average molecular weight is 405 g/mol. The Balaban J connectivity index is 1.07. The lowest BCUT2D eigenvalue weighted by atomic mass is 10.1. The summed E-state index contributed by atoms with van der Waals surface area (Å²) in [6, 6.07) is 20.8. The van der Waals surface area contributed by atoms with E-state index in [1.165, 1.54) is 57.7 Å². The summed E-state index contributed by atoms with van der Waals surface area (Å²) in [6.07, 6.45) is 4.70. The number of aryl methyl sites for hydroxylation is 1. The minimum atomic E-state index is 0.709. The Kier molecular flexibility index (Phi) is 7.58. The van der Waals surface area contributed by atoms with Gasteiger partial charge in [-0.2, -0.15) is 4.80 Å². The molecule has 0 spiro atoms. The number of unbranched alkanes of at least 4 members (excludes halogenated alkanes) is 2. The molecule has 0 aliphatic carbocycles. The van der Waals surface area contributed by atoms with Crippen molar-refractivity contribution in [2.24, 2.45) is 0 Å². The van der Waals surface area contributed by atoms with Gasteiger partial charge in [-0.05, 0) is 36.6 Å². The van der Waals surface area contributed by atoms with Crippen molar-refractivity contribution in [2.75, 3.05) is 39.3 Å². The second-order valence-electron chi connectivity index (χ2n) is 8.05. The van der Waals surface area contributed by atoms with E-state index < -0.39 is 0 Å². The number of hydrogen-bond acceptors (Lipinski definition) is 5. The number of rotatable bonds is 10. The minimum Gasteiger partial charge on any atom is -0.301 e. The van der Waals surface area contributed by atoms with Crippen LogP contribution in [0.2, 0.25) is 0 Å². The van der Waals surface area contributed by atoms with E-state index in [0.29, 0.717) is 5.82 Å². The molecule has 0 atom stereocenters. The van der Waals surface area contributed by atoms with Crippen LogP contribution in [0.1, 0.15) is 24.8 Å². The van der Waals surface area contributed by atoms with E-state index >= 15 is 0 Å². The Morgan fingerprint density at radius 2 is 1.30 bits per heavy atom. The van der Waals surface area contributed by atoms with E-state index in [2.05, 4.69) is 55.5 Å². The first-order chi connectivity index (χ1) is 14.9.